The molecule has 9 aromatic rings. The van der Waals surface area contributed by atoms with Gasteiger partial charge in [-0.2, -0.15) is 0 Å². The van der Waals surface area contributed by atoms with E-state index in [0.29, 0.717) is 51.6 Å². The first-order valence-electron chi connectivity index (χ1n) is 17.1. The van der Waals surface area contributed by atoms with Crippen LogP contribution in [-0.4, -0.2) is 34.5 Å². The highest BCUT2D eigenvalue weighted by Gasteiger charge is 2.21. The Morgan fingerprint density at radius 1 is 0.396 bits per heavy atom. The molecule has 3 aromatic heterocycles. The number of halogens is 2. The fraction of sp³-hybridized carbons (Fsp3) is 0.0455. The number of para-hydroxylation sites is 1. The van der Waals surface area contributed by atoms with Gasteiger partial charge in [0.05, 0.1) is 16.7 Å². The van der Waals surface area contributed by atoms with Gasteiger partial charge in [0.15, 0.2) is 23.3 Å². The van der Waals surface area contributed by atoms with Crippen LogP contribution in [0.2, 0.25) is 0 Å². The van der Waals surface area contributed by atoms with Crippen molar-refractivity contribution < 1.29 is 8.78 Å². The number of aromatic nitrogens is 7. The summed E-state index contributed by atoms with van der Waals surface area (Å²) in [6.45, 7) is 3.71. The monoisotopic (exact) mass is 693 g/mol. The van der Waals surface area contributed by atoms with E-state index in [1.54, 1.807) is 0 Å². The Bertz CT molecular complexity index is 2740. The first-order valence-corrected chi connectivity index (χ1v) is 17.1. The van der Waals surface area contributed by atoms with Crippen LogP contribution in [-0.2, 0) is 0 Å². The third-order valence-corrected chi connectivity index (χ3v) is 9.16. The van der Waals surface area contributed by atoms with Gasteiger partial charge in [-0.3, -0.25) is 0 Å². The molecule has 0 saturated heterocycles. The van der Waals surface area contributed by atoms with Gasteiger partial charge in [-0.05, 0) is 61.4 Å². The number of rotatable bonds is 6. The van der Waals surface area contributed by atoms with Gasteiger partial charge in [-0.1, -0.05) is 97.1 Å². The van der Waals surface area contributed by atoms with Gasteiger partial charge in [0.2, 0.25) is 0 Å². The minimum atomic E-state index is -0.665. The van der Waals surface area contributed by atoms with Crippen LogP contribution < -0.4 is 0 Å². The number of hydrogen-bond donors (Lipinski definition) is 0. The van der Waals surface area contributed by atoms with Gasteiger partial charge in [0, 0.05) is 39.1 Å². The molecule has 0 saturated carbocycles. The van der Waals surface area contributed by atoms with E-state index in [-0.39, 0.29) is 0 Å². The molecule has 6 aromatic carbocycles. The molecule has 53 heavy (non-hydrogen) atoms. The van der Waals surface area contributed by atoms with Gasteiger partial charge in [-0.25, -0.2) is 38.7 Å². The molecule has 9 heteroatoms. The minimum absolute atomic E-state index is 0.390. The van der Waals surface area contributed by atoms with E-state index in [2.05, 4.69) is 43.8 Å². The average molecular weight is 694 g/mol. The van der Waals surface area contributed by atoms with Crippen LogP contribution in [0.3, 0.4) is 0 Å². The fourth-order valence-corrected chi connectivity index (χ4v) is 6.85. The molecular formula is C44H29F2N7. The molecule has 0 spiro atoms. The predicted octanol–water partition coefficient (Wildman–Crippen LogP) is 10.4. The van der Waals surface area contributed by atoms with Crippen molar-refractivity contribution in [2.24, 2.45) is 0 Å². The van der Waals surface area contributed by atoms with Gasteiger partial charge in [-0.15, -0.1) is 0 Å². The fourth-order valence-electron chi connectivity index (χ4n) is 6.85. The molecule has 0 amide bonds. The highest BCUT2D eigenvalue weighted by Crippen LogP contribution is 2.39. The molecule has 0 unspecified atom stereocenters. The molecule has 3 heterocycles. The van der Waals surface area contributed by atoms with Gasteiger partial charge >= 0.3 is 0 Å². The lowest BCUT2D eigenvalue weighted by molar-refractivity contribution is 0.584. The zero-order valence-corrected chi connectivity index (χ0v) is 28.7. The number of benzene rings is 6. The summed E-state index contributed by atoms with van der Waals surface area (Å²) in [5.41, 5.74) is 6.74. The van der Waals surface area contributed by atoms with E-state index >= 15 is 0 Å². The topological polar surface area (TPSA) is 82.3 Å². The van der Waals surface area contributed by atoms with E-state index in [1.165, 1.54) is 12.1 Å². The standard InChI is InChI=1S/C44H29F2N7/c1-26-47-27(2)49-43(48-26)31-17-19-36-35-15-9-10-16-38(35)53(40(36)24-31)39-20-18-30(32-21-33(45)25-34(46)22-32)23-37(39)44-51-41(28-11-5-3-6-12-28)50-42(52-44)29-13-7-4-8-14-29/h3-25H,1-2H3. The molecule has 0 bridgehead atoms. The molecule has 0 radical (unpaired) electrons. The summed E-state index contributed by atoms with van der Waals surface area (Å²) in [6, 6.07) is 43.1. The zero-order chi connectivity index (χ0) is 36.1. The number of hydrogen-bond acceptors (Lipinski definition) is 6. The predicted molar refractivity (Wildman–Crippen MR) is 204 cm³/mol. The molecule has 7 nitrogen and oxygen atoms in total. The van der Waals surface area contributed by atoms with Crippen molar-refractivity contribution in [3.8, 4) is 62.4 Å². The number of aryl methyl sites for hydroxylation is 2. The normalized spacial score (nSPS) is 11.4. The Balaban J connectivity index is 1.36. The lowest BCUT2D eigenvalue weighted by Crippen LogP contribution is -2.04. The molecular weight excluding hydrogens is 665 g/mol. The van der Waals surface area contributed by atoms with Crippen molar-refractivity contribution in [2.75, 3.05) is 0 Å². The van der Waals surface area contributed by atoms with Crippen molar-refractivity contribution in [1.82, 2.24) is 34.5 Å². The Morgan fingerprint density at radius 3 is 1.60 bits per heavy atom. The van der Waals surface area contributed by atoms with E-state index in [4.69, 9.17) is 15.0 Å². The third kappa shape index (κ3) is 5.98. The highest BCUT2D eigenvalue weighted by molar-refractivity contribution is 6.10. The van der Waals surface area contributed by atoms with Crippen LogP contribution in [0.25, 0.3) is 84.2 Å². The summed E-state index contributed by atoms with van der Waals surface area (Å²) < 4.78 is 31.4. The Labute approximate surface area is 303 Å². The quantitative estimate of drug-likeness (QED) is 0.172. The second-order valence-corrected chi connectivity index (χ2v) is 12.8. The Hall–Kier alpha value is -7.00. The van der Waals surface area contributed by atoms with Gasteiger partial charge < -0.3 is 4.57 Å². The van der Waals surface area contributed by atoms with Crippen molar-refractivity contribution in [2.45, 2.75) is 13.8 Å². The van der Waals surface area contributed by atoms with Gasteiger partial charge in [0.25, 0.3) is 0 Å². The Morgan fingerprint density at radius 2 is 0.943 bits per heavy atom. The second kappa shape index (κ2) is 13.0. The van der Waals surface area contributed by atoms with E-state index in [9.17, 15) is 8.78 Å². The summed E-state index contributed by atoms with van der Waals surface area (Å²) in [5, 5.41) is 2.07. The molecule has 0 fully saturated rings. The smallest absolute Gasteiger partial charge is 0.166 e. The van der Waals surface area contributed by atoms with Crippen LogP contribution in [0, 0.1) is 25.5 Å². The maximum absolute atomic E-state index is 14.6. The average Bonchev–Trinajstić information content (AvgIpc) is 3.51. The summed E-state index contributed by atoms with van der Waals surface area (Å²) in [4.78, 5) is 28.7. The van der Waals surface area contributed by atoms with E-state index in [0.717, 1.165) is 50.2 Å². The summed E-state index contributed by atoms with van der Waals surface area (Å²) in [7, 11) is 0. The molecule has 254 valence electrons. The lowest BCUT2D eigenvalue weighted by atomic mass is 10.0. The first-order chi connectivity index (χ1) is 25.9. The molecule has 0 aliphatic carbocycles. The maximum atomic E-state index is 14.6. The first kappa shape index (κ1) is 31.9. The van der Waals surface area contributed by atoms with Crippen LogP contribution in [0.5, 0.6) is 0 Å². The van der Waals surface area contributed by atoms with Gasteiger partial charge in [0.1, 0.15) is 23.3 Å². The van der Waals surface area contributed by atoms with Crippen molar-refractivity contribution in [1.29, 1.82) is 0 Å². The summed E-state index contributed by atoms with van der Waals surface area (Å²) in [5.74, 6) is 1.91. The van der Waals surface area contributed by atoms with Crippen molar-refractivity contribution in [3.63, 3.8) is 0 Å². The third-order valence-electron chi connectivity index (χ3n) is 9.16. The maximum Gasteiger partial charge on any atom is 0.166 e. The van der Waals surface area contributed by atoms with E-state index < -0.39 is 11.6 Å². The molecule has 0 aliphatic heterocycles. The number of nitrogens with zero attached hydrogens (tertiary/aromatic N) is 7. The lowest BCUT2D eigenvalue weighted by Gasteiger charge is -2.16. The minimum Gasteiger partial charge on any atom is -0.308 e. The molecule has 0 N–H and O–H groups in total. The zero-order valence-electron chi connectivity index (χ0n) is 28.7. The molecule has 9 rings (SSSR count). The van der Waals surface area contributed by atoms with Crippen LogP contribution >= 0.6 is 0 Å². The second-order valence-electron chi connectivity index (χ2n) is 12.8. The summed E-state index contributed by atoms with van der Waals surface area (Å²) in [6.07, 6.45) is 0. The van der Waals surface area contributed by atoms with Crippen LogP contribution in [0.15, 0.2) is 140 Å². The largest absolute Gasteiger partial charge is 0.308 e. The molecule has 0 atom stereocenters. The van der Waals surface area contributed by atoms with Crippen molar-refractivity contribution in [3.05, 3.63) is 163 Å². The van der Waals surface area contributed by atoms with Crippen molar-refractivity contribution >= 4 is 21.8 Å². The molecule has 0 aliphatic rings. The number of fused-ring (bicyclic) bond motifs is 3. The SMILES string of the molecule is Cc1nc(C)nc(-c2ccc3c4ccccc4n(-c4ccc(-c5cc(F)cc(F)c5)cc4-c4nc(-c5ccccc5)nc(-c5ccccc5)n4)c3c2)n1. The van der Waals surface area contributed by atoms with Crippen LogP contribution in [0.4, 0.5) is 8.78 Å². The Kier molecular flexibility index (Phi) is 7.81. The highest BCUT2D eigenvalue weighted by atomic mass is 19.1. The van der Waals surface area contributed by atoms with E-state index in [1.807, 2.05) is 111 Å². The van der Waals surface area contributed by atoms with Crippen LogP contribution in [0.1, 0.15) is 11.6 Å². The summed E-state index contributed by atoms with van der Waals surface area (Å²) >= 11 is 0.